The molecule has 3 aromatic rings. The largest absolute Gasteiger partial charge is 0.479 e. The highest BCUT2D eigenvalue weighted by atomic mass is 16.6. The van der Waals surface area contributed by atoms with Crippen LogP contribution in [0, 0.1) is 17.0 Å². The van der Waals surface area contributed by atoms with Crippen molar-refractivity contribution in [1.29, 1.82) is 0 Å². The molecule has 1 unspecified atom stereocenters. The number of aryl methyl sites for hydroxylation is 1. The van der Waals surface area contributed by atoms with E-state index in [2.05, 4.69) is 5.32 Å². The van der Waals surface area contributed by atoms with E-state index in [1.807, 2.05) is 37.3 Å². The lowest BCUT2D eigenvalue weighted by Gasteiger charge is -2.13. The first-order chi connectivity index (χ1) is 13.4. The van der Waals surface area contributed by atoms with Gasteiger partial charge in [-0.15, -0.1) is 0 Å². The van der Waals surface area contributed by atoms with Gasteiger partial charge in [0.1, 0.15) is 12.4 Å². The summed E-state index contributed by atoms with van der Waals surface area (Å²) in [5.41, 5.74) is 1.64. The van der Waals surface area contributed by atoms with E-state index >= 15 is 0 Å². The Balaban J connectivity index is 1.63. The Hall–Kier alpha value is -3.61. The molecule has 28 heavy (non-hydrogen) atoms. The third kappa shape index (κ3) is 4.56. The SMILES string of the molecule is Cc1ccc(OCc2ccc(C(=O)NC(C)c3ccccc3)o2)c([N+](=O)[O-])c1. The summed E-state index contributed by atoms with van der Waals surface area (Å²) in [7, 11) is 0. The van der Waals surface area contributed by atoms with Gasteiger partial charge in [-0.05, 0) is 43.2 Å². The van der Waals surface area contributed by atoms with E-state index in [0.29, 0.717) is 5.76 Å². The normalized spacial score (nSPS) is 11.6. The van der Waals surface area contributed by atoms with E-state index in [0.717, 1.165) is 11.1 Å². The fourth-order valence-corrected chi connectivity index (χ4v) is 2.71. The van der Waals surface area contributed by atoms with E-state index < -0.39 is 4.92 Å². The van der Waals surface area contributed by atoms with E-state index in [9.17, 15) is 14.9 Å². The highest BCUT2D eigenvalue weighted by Crippen LogP contribution is 2.28. The third-order valence-electron chi connectivity index (χ3n) is 4.21. The van der Waals surface area contributed by atoms with Crippen molar-refractivity contribution < 1.29 is 18.9 Å². The number of hydrogen-bond donors (Lipinski definition) is 1. The van der Waals surface area contributed by atoms with E-state index in [-0.39, 0.29) is 35.8 Å². The van der Waals surface area contributed by atoms with Crippen LogP contribution in [0.5, 0.6) is 5.75 Å². The number of ether oxygens (including phenoxy) is 1. The summed E-state index contributed by atoms with van der Waals surface area (Å²) in [6.45, 7) is 3.63. The van der Waals surface area contributed by atoms with Gasteiger partial charge in [-0.25, -0.2) is 0 Å². The van der Waals surface area contributed by atoms with E-state index in [4.69, 9.17) is 9.15 Å². The number of amides is 1. The van der Waals surface area contributed by atoms with Crippen molar-refractivity contribution in [1.82, 2.24) is 5.32 Å². The molecule has 3 rings (SSSR count). The average molecular weight is 380 g/mol. The van der Waals surface area contributed by atoms with Gasteiger partial charge in [0.15, 0.2) is 11.5 Å². The molecule has 1 heterocycles. The number of carbonyl (C=O) groups excluding carboxylic acids is 1. The van der Waals surface area contributed by atoms with Crippen LogP contribution >= 0.6 is 0 Å². The Morgan fingerprint density at radius 1 is 1.18 bits per heavy atom. The van der Waals surface area contributed by atoms with Crippen LogP contribution in [0.25, 0.3) is 0 Å². The lowest BCUT2D eigenvalue weighted by Crippen LogP contribution is -2.26. The highest BCUT2D eigenvalue weighted by molar-refractivity contribution is 5.91. The van der Waals surface area contributed by atoms with Crippen molar-refractivity contribution in [3.63, 3.8) is 0 Å². The second kappa shape index (κ2) is 8.39. The van der Waals surface area contributed by atoms with Crippen molar-refractivity contribution in [3.05, 3.63) is 93.4 Å². The Labute approximate surface area is 162 Å². The molecule has 144 valence electrons. The van der Waals surface area contributed by atoms with Crippen LogP contribution in [0.4, 0.5) is 5.69 Å². The number of benzene rings is 2. The maximum atomic E-state index is 12.4. The molecule has 2 aromatic carbocycles. The Kier molecular flexibility index (Phi) is 5.74. The van der Waals surface area contributed by atoms with Crippen molar-refractivity contribution in [2.45, 2.75) is 26.5 Å². The zero-order valence-corrected chi connectivity index (χ0v) is 15.5. The van der Waals surface area contributed by atoms with Gasteiger partial charge in [-0.1, -0.05) is 36.4 Å². The monoisotopic (exact) mass is 380 g/mol. The highest BCUT2D eigenvalue weighted by Gasteiger charge is 2.18. The quantitative estimate of drug-likeness (QED) is 0.479. The predicted octanol–water partition coefficient (Wildman–Crippen LogP) is 4.57. The molecule has 7 nitrogen and oxygen atoms in total. The molecule has 0 radical (unpaired) electrons. The summed E-state index contributed by atoms with van der Waals surface area (Å²) in [5.74, 6) is 0.354. The second-order valence-electron chi connectivity index (χ2n) is 6.39. The molecule has 0 saturated heterocycles. The molecule has 0 aliphatic rings. The Morgan fingerprint density at radius 2 is 1.93 bits per heavy atom. The summed E-state index contributed by atoms with van der Waals surface area (Å²) >= 11 is 0. The first kappa shape index (κ1) is 19.2. The lowest BCUT2D eigenvalue weighted by molar-refractivity contribution is -0.386. The van der Waals surface area contributed by atoms with Crippen molar-refractivity contribution in [3.8, 4) is 5.75 Å². The predicted molar refractivity (Wildman–Crippen MR) is 103 cm³/mol. The van der Waals surface area contributed by atoms with Gasteiger partial charge in [-0.2, -0.15) is 0 Å². The minimum Gasteiger partial charge on any atom is -0.479 e. The van der Waals surface area contributed by atoms with Crippen LogP contribution in [0.1, 0.15) is 40.4 Å². The van der Waals surface area contributed by atoms with Gasteiger partial charge >= 0.3 is 5.69 Å². The Bertz CT molecular complexity index is 981. The molecular formula is C21H20N2O5. The first-order valence-electron chi connectivity index (χ1n) is 8.76. The molecule has 0 saturated carbocycles. The van der Waals surface area contributed by atoms with Gasteiger partial charge < -0.3 is 14.5 Å². The number of hydrogen-bond acceptors (Lipinski definition) is 5. The third-order valence-corrected chi connectivity index (χ3v) is 4.21. The van der Waals surface area contributed by atoms with Crippen molar-refractivity contribution in [2.24, 2.45) is 0 Å². The fraction of sp³-hybridized carbons (Fsp3) is 0.190. The fourth-order valence-electron chi connectivity index (χ4n) is 2.71. The van der Waals surface area contributed by atoms with Crippen LogP contribution < -0.4 is 10.1 Å². The van der Waals surface area contributed by atoms with Crippen molar-refractivity contribution in [2.75, 3.05) is 0 Å². The molecule has 1 amide bonds. The number of nitro benzene ring substituents is 1. The average Bonchev–Trinajstić information content (AvgIpc) is 3.16. The molecule has 0 aliphatic heterocycles. The number of nitrogens with one attached hydrogen (secondary N) is 1. The van der Waals surface area contributed by atoms with Crippen LogP contribution in [0.15, 0.2) is 65.1 Å². The van der Waals surface area contributed by atoms with Gasteiger partial charge in [0, 0.05) is 6.07 Å². The molecule has 1 N–H and O–H groups in total. The van der Waals surface area contributed by atoms with Gasteiger partial charge in [0.2, 0.25) is 0 Å². The van der Waals surface area contributed by atoms with Crippen LogP contribution in [-0.4, -0.2) is 10.8 Å². The summed E-state index contributed by atoms with van der Waals surface area (Å²) in [5, 5.41) is 14.0. The molecule has 0 fully saturated rings. The molecule has 0 aliphatic carbocycles. The molecule has 1 aromatic heterocycles. The van der Waals surface area contributed by atoms with Crippen LogP contribution in [0.2, 0.25) is 0 Å². The maximum absolute atomic E-state index is 12.4. The van der Waals surface area contributed by atoms with Gasteiger partial charge in [-0.3, -0.25) is 14.9 Å². The smallest absolute Gasteiger partial charge is 0.311 e. The topological polar surface area (TPSA) is 94.6 Å². The van der Waals surface area contributed by atoms with Crippen molar-refractivity contribution >= 4 is 11.6 Å². The number of nitrogens with zero attached hydrogens (tertiary/aromatic N) is 1. The van der Waals surface area contributed by atoms with Gasteiger partial charge in [0.25, 0.3) is 5.91 Å². The molecule has 7 heteroatoms. The summed E-state index contributed by atoms with van der Waals surface area (Å²) < 4.78 is 11.0. The minimum absolute atomic E-state index is 0.0224. The van der Waals surface area contributed by atoms with Crippen LogP contribution in [0.3, 0.4) is 0 Å². The van der Waals surface area contributed by atoms with Gasteiger partial charge in [0.05, 0.1) is 11.0 Å². The lowest BCUT2D eigenvalue weighted by atomic mass is 10.1. The summed E-state index contributed by atoms with van der Waals surface area (Å²) in [6, 6.07) is 17.3. The number of nitro groups is 1. The standard InChI is InChI=1S/C21H20N2O5/c1-14-8-10-19(18(12-14)23(25)26)27-13-17-9-11-20(28-17)21(24)22-15(2)16-6-4-3-5-7-16/h3-12,15H,13H2,1-2H3,(H,22,24). The van der Waals surface area contributed by atoms with E-state index in [1.165, 1.54) is 6.07 Å². The molecule has 0 bridgehead atoms. The number of rotatable bonds is 7. The first-order valence-corrected chi connectivity index (χ1v) is 8.76. The molecular weight excluding hydrogens is 360 g/mol. The zero-order valence-electron chi connectivity index (χ0n) is 15.5. The second-order valence-corrected chi connectivity index (χ2v) is 6.39. The summed E-state index contributed by atoms with van der Waals surface area (Å²) in [6.07, 6.45) is 0. The maximum Gasteiger partial charge on any atom is 0.311 e. The number of carbonyl (C=O) groups is 1. The molecule has 0 spiro atoms. The number of furan rings is 1. The zero-order chi connectivity index (χ0) is 20.1. The van der Waals surface area contributed by atoms with Crippen LogP contribution in [-0.2, 0) is 6.61 Å². The minimum atomic E-state index is -0.492. The van der Waals surface area contributed by atoms with E-state index in [1.54, 1.807) is 31.2 Å². The Morgan fingerprint density at radius 3 is 2.64 bits per heavy atom. The molecule has 1 atom stereocenters. The summed E-state index contributed by atoms with van der Waals surface area (Å²) in [4.78, 5) is 23.0.